The highest BCUT2D eigenvalue weighted by Crippen LogP contribution is 2.52. The first-order valence-electron chi connectivity index (χ1n) is 8.00. The number of ether oxygens (including phenoxy) is 2. The molecular weight excluding hydrogens is 288 g/mol. The zero-order valence-electron chi connectivity index (χ0n) is 13.8. The van der Waals surface area contributed by atoms with Crippen molar-refractivity contribution in [3.63, 3.8) is 0 Å². The van der Waals surface area contributed by atoms with Gasteiger partial charge in [-0.05, 0) is 60.3 Å². The van der Waals surface area contributed by atoms with Crippen molar-refractivity contribution in [3.8, 4) is 22.6 Å². The van der Waals surface area contributed by atoms with Crippen molar-refractivity contribution in [2.45, 2.75) is 18.9 Å². The molecular formula is C19H22N2O2. The van der Waals surface area contributed by atoms with Crippen molar-refractivity contribution >= 4 is 5.69 Å². The van der Waals surface area contributed by atoms with Gasteiger partial charge in [-0.15, -0.1) is 0 Å². The molecule has 0 spiro atoms. The predicted molar refractivity (Wildman–Crippen MR) is 92.2 cm³/mol. The number of hydrogen-bond acceptors (Lipinski definition) is 4. The van der Waals surface area contributed by atoms with Crippen LogP contribution in [0.3, 0.4) is 0 Å². The van der Waals surface area contributed by atoms with Gasteiger partial charge in [0.05, 0.1) is 14.2 Å². The zero-order chi connectivity index (χ0) is 16.1. The lowest BCUT2D eigenvalue weighted by molar-refractivity contribution is 0.226. The van der Waals surface area contributed by atoms with Gasteiger partial charge in [0.25, 0.3) is 0 Å². The van der Waals surface area contributed by atoms with E-state index >= 15 is 0 Å². The molecule has 2 aromatic rings. The zero-order valence-corrected chi connectivity index (χ0v) is 13.8. The summed E-state index contributed by atoms with van der Waals surface area (Å²) < 4.78 is 11.4. The van der Waals surface area contributed by atoms with Gasteiger partial charge >= 0.3 is 0 Å². The van der Waals surface area contributed by atoms with Crippen molar-refractivity contribution < 1.29 is 9.47 Å². The smallest absolute Gasteiger partial charge is 0.168 e. The average Bonchev–Trinajstić information content (AvgIpc) is 2.57. The molecule has 0 bridgehead atoms. The molecule has 0 aromatic heterocycles. The Hall–Kier alpha value is -2.20. The Kier molecular flexibility index (Phi) is 3.23. The van der Waals surface area contributed by atoms with Crippen molar-refractivity contribution in [1.29, 1.82) is 0 Å². The molecule has 120 valence electrons. The molecule has 4 heteroatoms. The Labute approximate surface area is 136 Å². The lowest BCUT2D eigenvalue weighted by Crippen LogP contribution is -2.35. The molecule has 1 aliphatic heterocycles. The topological polar surface area (TPSA) is 47.7 Å². The number of rotatable bonds is 2. The Bertz CT molecular complexity index is 785. The van der Waals surface area contributed by atoms with E-state index in [4.69, 9.17) is 15.2 Å². The lowest BCUT2D eigenvalue weighted by atomic mass is 9.76. The van der Waals surface area contributed by atoms with Gasteiger partial charge in [-0.2, -0.15) is 0 Å². The molecule has 0 saturated carbocycles. The van der Waals surface area contributed by atoms with Gasteiger partial charge in [-0.1, -0.05) is 6.07 Å². The molecule has 1 unspecified atom stereocenters. The molecule has 23 heavy (non-hydrogen) atoms. The first-order chi connectivity index (χ1) is 11.1. The van der Waals surface area contributed by atoms with E-state index < -0.39 is 0 Å². The van der Waals surface area contributed by atoms with Crippen LogP contribution in [0, 0.1) is 0 Å². The highest BCUT2D eigenvalue weighted by atomic mass is 16.5. The summed E-state index contributed by atoms with van der Waals surface area (Å²) in [4.78, 5) is 2.44. The van der Waals surface area contributed by atoms with Crippen molar-refractivity contribution in [2.75, 3.05) is 33.5 Å². The number of nitrogens with zero attached hydrogens (tertiary/aromatic N) is 1. The third kappa shape index (κ3) is 2.01. The molecule has 0 fully saturated rings. The van der Waals surface area contributed by atoms with Gasteiger partial charge in [-0.25, -0.2) is 0 Å². The van der Waals surface area contributed by atoms with Crippen LogP contribution in [0.2, 0.25) is 0 Å². The first-order valence-corrected chi connectivity index (χ1v) is 8.00. The van der Waals surface area contributed by atoms with E-state index in [-0.39, 0.29) is 0 Å². The van der Waals surface area contributed by atoms with E-state index in [9.17, 15) is 0 Å². The number of benzene rings is 2. The fourth-order valence-electron chi connectivity index (χ4n) is 4.06. The largest absolute Gasteiger partial charge is 0.493 e. The summed E-state index contributed by atoms with van der Waals surface area (Å²) in [7, 11) is 5.62. The van der Waals surface area contributed by atoms with Crippen LogP contribution < -0.4 is 15.2 Å². The van der Waals surface area contributed by atoms with Crippen LogP contribution in [0.4, 0.5) is 5.69 Å². The molecule has 2 aromatic carbocycles. The Morgan fingerprint density at radius 1 is 1.13 bits per heavy atom. The molecule has 0 amide bonds. The molecule has 1 heterocycles. The van der Waals surface area contributed by atoms with Gasteiger partial charge in [0.2, 0.25) is 0 Å². The highest BCUT2D eigenvalue weighted by molar-refractivity contribution is 5.85. The second kappa shape index (κ2) is 5.17. The van der Waals surface area contributed by atoms with E-state index in [0.29, 0.717) is 6.04 Å². The number of fused-ring (bicyclic) bond motifs is 2. The third-order valence-corrected chi connectivity index (χ3v) is 5.21. The number of hydrogen-bond donors (Lipinski definition) is 1. The minimum atomic E-state index is 0.393. The van der Waals surface area contributed by atoms with E-state index in [1.54, 1.807) is 14.2 Å². The SMILES string of the molecule is COc1cc2c3c(c1OC)-c1cc(N)ccc1CC3N(C)CC2. The summed E-state index contributed by atoms with van der Waals surface area (Å²) >= 11 is 0. The van der Waals surface area contributed by atoms with Gasteiger partial charge in [0.15, 0.2) is 11.5 Å². The highest BCUT2D eigenvalue weighted by Gasteiger charge is 2.36. The van der Waals surface area contributed by atoms with Gasteiger partial charge < -0.3 is 15.2 Å². The monoisotopic (exact) mass is 310 g/mol. The number of methoxy groups -OCH3 is 2. The molecule has 1 atom stereocenters. The molecule has 0 saturated heterocycles. The predicted octanol–water partition coefficient (Wildman–Crippen LogP) is 3.04. The van der Waals surface area contributed by atoms with Crippen molar-refractivity contribution in [3.05, 3.63) is 41.0 Å². The molecule has 0 radical (unpaired) electrons. The normalized spacial score (nSPS) is 19.0. The van der Waals surface area contributed by atoms with E-state index in [1.807, 2.05) is 6.07 Å². The lowest BCUT2D eigenvalue weighted by Gasteiger charge is -2.40. The molecule has 4 nitrogen and oxygen atoms in total. The van der Waals surface area contributed by atoms with Crippen molar-refractivity contribution in [1.82, 2.24) is 4.90 Å². The summed E-state index contributed by atoms with van der Waals surface area (Å²) in [6.45, 7) is 1.07. The minimum Gasteiger partial charge on any atom is -0.493 e. The quantitative estimate of drug-likeness (QED) is 0.866. The van der Waals surface area contributed by atoms with Crippen LogP contribution in [-0.2, 0) is 12.8 Å². The Morgan fingerprint density at radius 2 is 1.96 bits per heavy atom. The molecule has 4 rings (SSSR count). The first kappa shape index (κ1) is 14.4. The summed E-state index contributed by atoms with van der Waals surface area (Å²) in [5, 5.41) is 0. The summed E-state index contributed by atoms with van der Waals surface area (Å²) in [5.74, 6) is 1.62. The van der Waals surface area contributed by atoms with Crippen LogP contribution in [0.25, 0.3) is 11.1 Å². The molecule has 2 aliphatic rings. The second-order valence-corrected chi connectivity index (χ2v) is 6.43. The maximum atomic E-state index is 6.07. The maximum absolute atomic E-state index is 6.07. The summed E-state index contributed by atoms with van der Waals surface area (Å²) in [6, 6.07) is 8.74. The van der Waals surface area contributed by atoms with Gasteiger partial charge in [0.1, 0.15) is 0 Å². The van der Waals surface area contributed by atoms with Crippen molar-refractivity contribution in [2.24, 2.45) is 0 Å². The van der Waals surface area contributed by atoms with Crippen LogP contribution in [0.1, 0.15) is 22.7 Å². The maximum Gasteiger partial charge on any atom is 0.168 e. The van der Waals surface area contributed by atoms with Crippen LogP contribution in [0.15, 0.2) is 24.3 Å². The number of nitrogen functional groups attached to an aromatic ring is 1. The van der Waals surface area contributed by atoms with Crippen LogP contribution in [0.5, 0.6) is 11.5 Å². The number of nitrogens with two attached hydrogens (primary N) is 1. The van der Waals surface area contributed by atoms with E-state index in [2.05, 4.69) is 30.1 Å². The summed E-state index contributed by atoms with van der Waals surface area (Å²) in [6.07, 6.45) is 2.05. The van der Waals surface area contributed by atoms with Gasteiger partial charge in [-0.3, -0.25) is 4.90 Å². The number of likely N-dealkylation sites (N-methyl/N-ethyl adjacent to an activating group) is 1. The fourth-order valence-corrected chi connectivity index (χ4v) is 4.06. The van der Waals surface area contributed by atoms with E-state index in [1.165, 1.54) is 22.3 Å². The third-order valence-electron chi connectivity index (χ3n) is 5.21. The van der Waals surface area contributed by atoms with Crippen LogP contribution >= 0.6 is 0 Å². The second-order valence-electron chi connectivity index (χ2n) is 6.43. The number of anilines is 1. The Balaban J connectivity index is 2.09. The average molecular weight is 310 g/mol. The van der Waals surface area contributed by atoms with Gasteiger partial charge in [0, 0.05) is 23.8 Å². The fraction of sp³-hybridized carbons (Fsp3) is 0.368. The minimum absolute atomic E-state index is 0.393. The standard InChI is InChI=1S/C19H22N2O2/c1-21-7-6-12-9-16(22-2)19(23-3)18-14-10-13(20)5-4-11(14)8-15(21)17(12)18/h4-5,9-10,15H,6-8,20H2,1-3H3. The Morgan fingerprint density at radius 3 is 2.70 bits per heavy atom. The summed E-state index contributed by atoms with van der Waals surface area (Å²) in [5.41, 5.74) is 13.3. The molecule has 1 aliphatic carbocycles. The van der Waals surface area contributed by atoms with E-state index in [0.717, 1.165) is 42.1 Å². The molecule has 2 N–H and O–H groups in total. The van der Waals surface area contributed by atoms with Crippen LogP contribution in [-0.4, -0.2) is 32.7 Å².